The summed E-state index contributed by atoms with van der Waals surface area (Å²) in [5.74, 6) is -1.42. The molecule has 4 rings (SSSR count). The van der Waals surface area contributed by atoms with E-state index in [0.717, 1.165) is 11.1 Å². The third-order valence-electron chi connectivity index (χ3n) is 6.18. The van der Waals surface area contributed by atoms with Crippen molar-refractivity contribution in [2.75, 3.05) is 20.2 Å². The van der Waals surface area contributed by atoms with Gasteiger partial charge in [-0.05, 0) is 60.9 Å². The summed E-state index contributed by atoms with van der Waals surface area (Å²) in [6.45, 7) is 1.55. The summed E-state index contributed by atoms with van der Waals surface area (Å²) < 4.78 is 38.6. The van der Waals surface area contributed by atoms with Crippen LogP contribution >= 0.6 is 0 Å². The Hall–Kier alpha value is -3.94. The molecule has 0 radical (unpaired) electrons. The Balaban J connectivity index is 1.56. The van der Waals surface area contributed by atoms with Crippen molar-refractivity contribution in [3.05, 3.63) is 94.6 Å². The van der Waals surface area contributed by atoms with Crippen molar-refractivity contribution >= 4 is 11.9 Å². The summed E-state index contributed by atoms with van der Waals surface area (Å²) in [6.07, 6.45) is 1.31. The average Bonchev–Trinajstić information content (AvgIpc) is 3.17. The Morgan fingerprint density at radius 2 is 1.81 bits per heavy atom. The minimum absolute atomic E-state index is 0.104. The highest BCUT2D eigenvalue weighted by Crippen LogP contribution is 2.44. The number of methoxy groups -OCH3 is 1. The van der Waals surface area contributed by atoms with E-state index in [9.17, 15) is 23.5 Å². The number of amides is 1. The zero-order chi connectivity index (χ0) is 25.9. The molecule has 36 heavy (non-hydrogen) atoms. The Morgan fingerprint density at radius 3 is 2.47 bits per heavy atom. The number of aliphatic carboxylic acids is 1. The summed E-state index contributed by atoms with van der Waals surface area (Å²) in [5.41, 5.74) is 1.98. The van der Waals surface area contributed by atoms with Gasteiger partial charge in [-0.25, -0.2) is 8.78 Å². The molecule has 1 aliphatic heterocycles. The third kappa shape index (κ3) is 5.82. The molecule has 3 aromatic carbocycles. The maximum absolute atomic E-state index is 13.5. The molecule has 188 valence electrons. The molecule has 1 amide bonds. The molecule has 0 unspecified atom stereocenters. The number of carbonyl (C=O) groups is 2. The highest BCUT2D eigenvalue weighted by atomic mass is 19.1. The molecular formula is C28H27F2NO5. The van der Waals surface area contributed by atoms with Crippen LogP contribution in [0.1, 0.15) is 34.0 Å². The van der Waals surface area contributed by atoms with Crippen LogP contribution < -0.4 is 9.47 Å². The standard InChI is InChI=1S/C28H27F2NO5/c1-28(15-19-6-8-22(29)9-7-19)16-21-13-20(14-24(35-2)26(21)36-28)27(34)31(17-25(32)33)11-10-18-4-3-5-23(30)12-18/h3-9,12-14H,10-11,15-17H2,1-2H3,(H,32,33)/t28-/m0/s1. The molecule has 1 atom stereocenters. The first-order chi connectivity index (χ1) is 17.2. The predicted molar refractivity (Wildman–Crippen MR) is 129 cm³/mol. The lowest BCUT2D eigenvalue weighted by Crippen LogP contribution is -2.37. The lowest BCUT2D eigenvalue weighted by Gasteiger charge is -2.24. The first-order valence-corrected chi connectivity index (χ1v) is 11.6. The number of hydrogen-bond donors (Lipinski definition) is 1. The van der Waals surface area contributed by atoms with Crippen LogP contribution in [0.2, 0.25) is 0 Å². The molecule has 0 bridgehead atoms. The van der Waals surface area contributed by atoms with Crippen molar-refractivity contribution in [2.24, 2.45) is 0 Å². The van der Waals surface area contributed by atoms with Gasteiger partial charge in [0.2, 0.25) is 0 Å². The van der Waals surface area contributed by atoms with Gasteiger partial charge in [0.15, 0.2) is 11.5 Å². The van der Waals surface area contributed by atoms with Crippen molar-refractivity contribution in [1.82, 2.24) is 4.90 Å². The monoisotopic (exact) mass is 495 g/mol. The third-order valence-corrected chi connectivity index (χ3v) is 6.18. The molecule has 0 aromatic heterocycles. The van der Waals surface area contributed by atoms with E-state index in [1.807, 2.05) is 6.92 Å². The van der Waals surface area contributed by atoms with Gasteiger partial charge in [0.1, 0.15) is 23.8 Å². The van der Waals surface area contributed by atoms with Gasteiger partial charge in [-0.1, -0.05) is 24.3 Å². The van der Waals surface area contributed by atoms with E-state index in [1.165, 1.54) is 36.3 Å². The Morgan fingerprint density at radius 1 is 1.06 bits per heavy atom. The summed E-state index contributed by atoms with van der Waals surface area (Å²) in [5, 5.41) is 9.38. The van der Waals surface area contributed by atoms with Crippen molar-refractivity contribution in [1.29, 1.82) is 0 Å². The van der Waals surface area contributed by atoms with Crippen LogP contribution in [-0.4, -0.2) is 47.7 Å². The number of hydrogen-bond acceptors (Lipinski definition) is 4. The molecule has 1 heterocycles. The van der Waals surface area contributed by atoms with Gasteiger partial charge in [0, 0.05) is 30.5 Å². The highest BCUT2D eigenvalue weighted by Gasteiger charge is 2.38. The zero-order valence-corrected chi connectivity index (χ0v) is 20.1. The van der Waals surface area contributed by atoms with Crippen LogP contribution in [0.4, 0.5) is 8.78 Å². The van der Waals surface area contributed by atoms with Gasteiger partial charge in [0.25, 0.3) is 5.91 Å². The number of benzene rings is 3. The lowest BCUT2D eigenvalue weighted by atomic mass is 9.91. The van der Waals surface area contributed by atoms with Gasteiger partial charge in [0.05, 0.1) is 7.11 Å². The smallest absolute Gasteiger partial charge is 0.323 e. The molecule has 0 fully saturated rings. The number of rotatable bonds is 9. The second kappa shape index (κ2) is 10.4. The molecule has 1 aliphatic rings. The number of ether oxygens (including phenoxy) is 2. The minimum Gasteiger partial charge on any atom is -0.493 e. The Labute approximate surface area is 208 Å². The van der Waals surface area contributed by atoms with Crippen molar-refractivity contribution in [3.63, 3.8) is 0 Å². The fraction of sp³-hybridized carbons (Fsp3) is 0.286. The summed E-state index contributed by atoms with van der Waals surface area (Å²) in [4.78, 5) is 26.1. The fourth-order valence-electron chi connectivity index (χ4n) is 4.55. The van der Waals surface area contributed by atoms with E-state index >= 15 is 0 Å². The van der Waals surface area contributed by atoms with Crippen molar-refractivity contribution < 1.29 is 33.0 Å². The van der Waals surface area contributed by atoms with Crippen LogP contribution in [0.3, 0.4) is 0 Å². The van der Waals surface area contributed by atoms with Gasteiger partial charge < -0.3 is 19.5 Å². The predicted octanol–water partition coefficient (Wildman–Crippen LogP) is 4.68. The molecule has 6 nitrogen and oxygen atoms in total. The zero-order valence-electron chi connectivity index (χ0n) is 20.1. The van der Waals surface area contributed by atoms with Crippen LogP contribution in [0, 0.1) is 11.6 Å². The second-order valence-corrected chi connectivity index (χ2v) is 9.20. The molecule has 3 aromatic rings. The van der Waals surface area contributed by atoms with Gasteiger partial charge in [-0.3, -0.25) is 9.59 Å². The van der Waals surface area contributed by atoms with Crippen molar-refractivity contribution in [3.8, 4) is 11.5 Å². The van der Waals surface area contributed by atoms with Crippen LogP contribution in [0.15, 0.2) is 60.7 Å². The molecule has 0 saturated carbocycles. The molecule has 1 N–H and O–H groups in total. The molecule has 0 spiro atoms. The van der Waals surface area contributed by atoms with E-state index < -0.39 is 29.8 Å². The molecule has 0 aliphatic carbocycles. The molecular weight excluding hydrogens is 468 g/mol. The number of nitrogens with zero attached hydrogens (tertiary/aromatic N) is 1. The first-order valence-electron chi connectivity index (χ1n) is 11.6. The summed E-state index contributed by atoms with van der Waals surface area (Å²) in [6, 6.07) is 15.5. The van der Waals surface area contributed by atoms with Crippen LogP contribution in [0.25, 0.3) is 0 Å². The number of halogens is 2. The normalized spacial score (nSPS) is 16.2. The first kappa shape index (κ1) is 25.2. The van der Waals surface area contributed by atoms with E-state index in [1.54, 1.807) is 36.4 Å². The van der Waals surface area contributed by atoms with Crippen molar-refractivity contribution in [2.45, 2.75) is 31.8 Å². The number of fused-ring (bicyclic) bond motifs is 1. The SMILES string of the molecule is COc1cc(C(=O)N(CCc2cccc(F)c2)CC(=O)O)cc2c1O[C@@](C)(Cc1ccc(F)cc1)C2. The molecule has 8 heteroatoms. The van der Waals surface area contributed by atoms with Crippen LogP contribution in [-0.2, 0) is 24.1 Å². The van der Waals surface area contributed by atoms with Gasteiger partial charge in [-0.15, -0.1) is 0 Å². The topological polar surface area (TPSA) is 76.1 Å². The average molecular weight is 496 g/mol. The van der Waals surface area contributed by atoms with Gasteiger partial charge in [-0.2, -0.15) is 0 Å². The Bertz CT molecular complexity index is 1280. The Kier molecular flexibility index (Phi) is 7.24. The maximum Gasteiger partial charge on any atom is 0.323 e. The lowest BCUT2D eigenvalue weighted by molar-refractivity contribution is -0.137. The van der Waals surface area contributed by atoms with E-state index in [2.05, 4.69) is 0 Å². The van der Waals surface area contributed by atoms with E-state index in [0.29, 0.717) is 36.3 Å². The quantitative estimate of drug-likeness (QED) is 0.467. The second-order valence-electron chi connectivity index (χ2n) is 9.20. The number of carboxylic acid groups (broad SMARTS) is 1. The largest absolute Gasteiger partial charge is 0.493 e. The van der Waals surface area contributed by atoms with Crippen LogP contribution in [0.5, 0.6) is 11.5 Å². The summed E-state index contributed by atoms with van der Waals surface area (Å²) in [7, 11) is 1.47. The minimum atomic E-state index is -1.15. The highest BCUT2D eigenvalue weighted by molar-refractivity contribution is 5.97. The number of carboxylic acids is 1. The van der Waals surface area contributed by atoms with E-state index in [4.69, 9.17) is 9.47 Å². The summed E-state index contributed by atoms with van der Waals surface area (Å²) >= 11 is 0. The van der Waals surface area contributed by atoms with Gasteiger partial charge >= 0.3 is 5.97 Å². The number of carbonyl (C=O) groups excluding carboxylic acids is 1. The fourth-order valence-corrected chi connectivity index (χ4v) is 4.55. The van der Waals surface area contributed by atoms with E-state index in [-0.39, 0.29) is 17.9 Å². The molecule has 0 saturated heterocycles. The maximum atomic E-state index is 13.5.